The summed E-state index contributed by atoms with van der Waals surface area (Å²) in [6.07, 6.45) is 5.73. The maximum Gasteiger partial charge on any atom is 0.256 e. The first-order chi connectivity index (χ1) is 24.3. The molecule has 0 unspecified atom stereocenters. The fraction of sp³-hybridized carbons (Fsp3) is 0.244. The quantitative estimate of drug-likeness (QED) is 0.453. The van der Waals surface area contributed by atoms with Gasteiger partial charge in [-0.2, -0.15) is 4.31 Å². The molecule has 50 heavy (non-hydrogen) atoms. The van der Waals surface area contributed by atoms with Crippen LogP contribution in [0.1, 0.15) is 30.1 Å². The van der Waals surface area contributed by atoms with Gasteiger partial charge in [0.05, 0.1) is 25.7 Å². The van der Waals surface area contributed by atoms with E-state index in [1.807, 2.05) is 0 Å². The number of benzene rings is 2. The summed E-state index contributed by atoms with van der Waals surface area (Å²) in [5.74, 6) is 43.1. The molecule has 4 rings (SSSR count). The molecule has 0 N–H and O–H groups in total. The van der Waals surface area contributed by atoms with E-state index in [-0.39, 0.29) is 23.9 Å². The normalized spacial score (nSPS) is 13.1. The van der Waals surface area contributed by atoms with Crippen LogP contribution in [-0.2, 0) is 14.8 Å². The third kappa shape index (κ3) is 11.0. The average molecular weight is 679 g/mol. The minimum absolute atomic E-state index is 0.119. The topological polar surface area (TPSA) is 85.4 Å². The molecule has 2 aliphatic heterocycles. The fourth-order valence-electron chi connectivity index (χ4n) is 4.68. The number of hydrogen-bond donors (Lipinski definition) is 0. The van der Waals surface area contributed by atoms with E-state index >= 15 is 0 Å². The molecule has 0 aromatic heterocycles. The van der Waals surface area contributed by atoms with Crippen molar-refractivity contribution in [3.8, 4) is 119 Å². The molecule has 8 nitrogen and oxygen atoms in total. The number of hydrogen-bond acceptors (Lipinski definition) is 6. The van der Waals surface area contributed by atoms with Gasteiger partial charge in [0.15, 0.2) is 0 Å². The standard InChI is InChI=1S/C22H26N2O6S.C19H4/c1-28-18-5-3-17(4-6-18)21(25)24-15-16-30-22(24)11-13-23(14-12-22)31(26,27)20-9-7-19(29-2)8-10-20;1-3-5-7-9-11-13-15-17-19-18-16-14-12-10-8-6-4-2/h3-10H,11-16H2,1-2H3;1H,2H3. The van der Waals surface area contributed by atoms with Gasteiger partial charge in [0.2, 0.25) is 10.0 Å². The Hall–Kier alpha value is -6.58. The minimum Gasteiger partial charge on any atom is -0.497 e. The molecule has 0 saturated carbocycles. The van der Waals surface area contributed by atoms with Crippen LogP contribution < -0.4 is 9.47 Å². The lowest BCUT2D eigenvalue weighted by molar-refractivity contribution is -0.0962. The summed E-state index contributed by atoms with van der Waals surface area (Å²) in [7, 11) is -0.513. The van der Waals surface area contributed by atoms with Crippen molar-refractivity contribution < 1.29 is 27.4 Å². The molecule has 0 aliphatic carbocycles. The SMILES string of the molecule is C#CC#CC#CC#CC#CC#CC#CC#CC#CC.COc1ccc(C(=O)N2CCOC23CCN(S(=O)(=O)c2ccc(OC)cc2)CC3)cc1. The van der Waals surface area contributed by atoms with Gasteiger partial charge in [-0.25, -0.2) is 8.42 Å². The van der Waals surface area contributed by atoms with Crippen LogP contribution >= 0.6 is 0 Å². The summed E-state index contributed by atoms with van der Waals surface area (Å²) in [6, 6.07) is 13.3. The number of carbonyl (C=O) groups excluding carboxylic acids is 1. The second kappa shape index (κ2) is 19.9. The average Bonchev–Trinajstić information content (AvgIpc) is 3.55. The zero-order valence-corrected chi connectivity index (χ0v) is 28.5. The molecular formula is C41H30N2O6S. The van der Waals surface area contributed by atoms with E-state index in [0.717, 1.165) is 0 Å². The zero-order valence-electron chi connectivity index (χ0n) is 27.7. The van der Waals surface area contributed by atoms with Gasteiger partial charge in [-0.3, -0.25) is 4.79 Å². The Morgan fingerprint density at radius 2 is 1.14 bits per heavy atom. The molecule has 9 heteroatoms. The molecule has 2 fully saturated rings. The van der Waals surface area contributed by atoms with Gasteiger partial charge in [0.1, 0.15) is 17.2 Å². The largest absolute Gasteiger partial charge is 0.497 e. The summed E-state index contributed by atoms with van der Waals surface area (Å²) in [6.45, 7) is 3.18. The van der Waals surface area contributed by atoms with Crippen LogP contribution in [0.15, 0.2) is 53.4 Å². The number of ether oxygens (including phenoxy) is 3. The highest BCUT2D eigenvalue weighted by molar-refractivity contribution is 7.89. The number of piperidine rings is 1. The number of amides is 1. The highest BCUT2D eigenvalue weighted by Crippen LogP contribution is 2.37. The Kier molecular flexibility index (Phi) is 15.1. The highest BCUT2D eigenvalue weighted by Gasteiger charge is 2.48. The molecule has 2 heterocycles. The van der Waals surface area contributed by atoms with E-state index in [4.69, 9.17) is 20.6 Å². The van der Waals surface area contributed by atoms with Gasteiger partial charge in [-0.1, -0.05) is 5.92 Å². The number of nitrogens with zero attached hydrogens (tertiary/aromatic N) is 2. The lowest BCUT2D eigenvalue weighted by Gasteiger charge is -2.43. The third-order valence-corrected chi connectivity index (χ3v) is 8.95. The van der Waals surface area contributed by atoms with E-state index in [1.165, 1.54) is 11.4 Å². The molecule has 0 bridgehead atoms. The predicted molar refractivity (Wildman–Crippen MR) is 190 cm³/mol. The first kappa shape index (κ1) is 37.9. The highest BCUT2D eigenvalue weighted by atomic mass is 32.2. The Morgan fingerprint density at radius 1 is 0.700 bits per heavy atom. The van der Waals surface area contributed by atoms with E-state index in [2.05, 4.69) is 101 Å². The van der Waals surface area contributed by atoms with Gasteiger partial charge >= 0.3 is 0 Å². The lowest BCUT2D eigenvalue weighted by atomic mass is 9.99. The summed E-state index contributed by atoms with van der Waals surface area (Å²) >= 11 is 0. The van der Waals surface area contributed by atoms with E-state index in [1.54, 1.807) is 67.5 Å². The maximum atomic E-state index is 13.1. The summed E-state index contributed by atoms with van der Waals surface area (Å²) in [5.41, 5.74) is -0.220. The van der Waals surface area contributed by atoms with Crippen molar-refractivity contribution in [2.75, 3.05) is 40.5 Å². The van der Waals surface area contributed by atoms with Gasteiger partial charge in [-0.05, 0) is 150 Å². The number of terminal acetylenes is 1. The molecule has 1 spiro atoms. The predicted octanol–water partition coefficient (Wildman–Crippen LogP) is 3.02. The van der Waals surface area contributed by atoms with Crippen molar-refractivity contribution in [1.29, 1.82) is 0 Å². The first-order valence-electron chi connectivity index (χ1n) is 14.9. The molecule has 2 aromatic carbocycles. The van der Waals surface area contributed by atoms with E-state index < -0.39 is 15.7 Å². The van der Waals surface area contributed by atoms with Crippen molar-refractivity contribution >= 4 is 15.9 Å². The Bertz CT molecular complexity index is 2220. The summed E-state index contributed by atoms with van der Waals surface area (Å²) in [4.78, 5) is 15.1. The maximum absolute atomic E-state index is 13.1. The molecule has 0 atom stereocenters. The van der Waals surface area contributed by atoms with Crippen LogP contribution in [0.5, 0.6) is 11.5 Å². The van der Waals surface area contributed by atoms with Gasteiger partial charge < -0.3 is 19.1 Å². The van der Waals surface area contributed by atoms with Gasteiger partial charge in [0.25, 0.3) is 5.91 Å². The minimum atomic E-state index is -3.63. The van der Waals surface area contributed by atoms with Crippen LogP contribution in [0.4, 0.5) is 0 Å². The van der Waals surface area contributed by atoms with E-state index in [0.29, 0.717) is 43.1 Å². The van der Waals surface area contributed by atoms with Crippen LogP contribution in [0.3, 0.4) is 0 Å². The lowest BCUT2D eigenvalue weighted by Crippen LogP contribution is -2.55. The number of methoxy groups -OCH3 is 2. The van der Waals surface area contributed by atoms with Crippen LogP contribution in [0, 0.1) is 107 Å². The smallest absolute Gasteiger partial charge is 0.256 e. The number of sulfonamides is 1. The molecule has 2 aromatic rings. The van der Waals surface area contributed by atoms with Crippen LogP contribution in [0.2, 0.25) is 0 Å². The second-order valence-electron chi connectivity index (χ2n) is 9.83. The molecular weight excluding hydrogens is 649 g/mol. The second-order valence-corrected chi connectivity index (χ2v) is 11.8. The van der Waals surface area contributed by atoms with Crippen molar-refractivity contribution in [2.24, 2.45) is 0 Å². The Morgan fingerprint density at radius 3 is 1.58 bits per heavy atom. The molecule has 1 amide bonds. The van der Waals surface area contributed by atoms with Crippen LogP contribution in [0.25, 0.3) is 0 Å². The number of rotatable bonds is 5. The van der Waals surface area contributed by atoms with Crippen molar-refractivity contribution in [2.45, 2.75) is 30.4 Å². The van der Waals surface area contributed by atoms with Crippen molar-refractivity contribution in [1.82, 2.24) is 9.21 Å². The summed E-state index contributed by atoms with van der Waals surface area (Å²) < 4.78 is 43.8. The Balaban J connectivity index is 0.000000308. The monoisotopic (exact) mass is 678 g/mol. The molecule has 246 valence electrons. The number of carbonyl (C=O) groups is 1. The summed E-state index contributed by atoms with van der Waals surface area (Å²) in [5, 5.41) is 0. The fourth-order valence-corrected chi connectivity index (χ4v) is 6.12. The van der Waals surface area contributed by atoms with Crippen LogP contribution in [-0.4, -0.2) is 69.7 Å². The Labute approximate surface area is 295 Å². The molecule has 2 saturated heterocycles. The molecule has 0 radical (unpaired) electrons. The van der Waals surface area contributed by atoms with Gasteiger partial charge in [-0.15, -0.1) is 6.42 Å². The van der Waals surface area contributed by atoms with E-state index in [9.17, 15) is 13.2 Å². The first-order valence-corrected chi connectivity index (χ1v) is 16.4. The van der Waals surface area contributed by atoms with Gasteiger partial charge in [0, 0.05) is 38.0 Å². The van der Waals surface area contributed by atoms with Crippen molar-refractivity contribution in [3.63, 3.8) is 0 Å². The third-order valence-electron chi connectivity index (χ3n) is 7.03. The zero-order chi connectivity index (χ0) is 36.1. The van der Waals surface area contributed by atoms with Crippen molar-refractivity contribution in [3.05, 3.63) is 54.1 Å². The molecule has 2 aliphatic rings.